The molecule has 1 amide bonds. The fraction of sp³-hybridized carbons (Fsp3) is 0.588. The van der Waals surface area contributed by atoms with Crippen molar-refractivity contribution in [3.8, 4) is 0 Å². The highest BCUT2D eigenvalue weighted by atomic mass is 32.2. The van der Waals surface area contributed by atoms with E-state index in [4.69, 9.17) is 0 Å². The average Bonchev–Trinajstić information content (AvgIpc) is 3.25. The van der Waals surface area contributed by atoms with Crippen LogP contribution < -0.4 is 10.2 Å². The summed E-state index contributed by atoms with van der Waals surface area (Å²) in [5.41, 5.74) is 0. The van der Waals surface area contributed by atoms with Crippen LogP contribution >= 0.6 is 23.1 Å². The predicted molar refractivity (Wildman–Crippen MR) is 101 cm³/mol. The number of hydrogen-bond donors (Lipinski definition) is 2. The molecular weight excluding hydrogens is 354 g/mol. The monoisotopic (exact) mass is 380 g/mol. The van der Waals surface area contributed by atoms with E-state index in [-0.39, 0.29) is 5.91 Å². The number of likely N-dealkylation sites (tertiary alicyclic amines) is 1. The van der Waals surface area contributed by atoms with Gasteiger partial charge in [0, 0.05) is 30.7 Å². The van der Waals surface area contributed by atoms with Crippen molar-refractivity contribution in [3.63, 3.8) is 0 Å². The summed E-state index contributed by atoms with van der Waals surface area (Å²) in [6.07, 6.45) is 2.13. The number of nitrogens with zero attached hydrogens (tertiary/aromatic N) is 3. The highest BCUT2D eigenvalue weighted by Gasteiger charge is 2.28. The van der Waals surface area contributed by atoms with Gasteiger partial charge in [0.05, 0.1) is 19.6 Å². The van der Waals surface area contributed by atoms with Crippen LogP contribution in [0.25, 0.3) is 0 Å². The molecule has 8 heteroatoms. The van der Waals surface area contributed by atoms with Crippen LogP contribution in [0, 0.1) is 0 Å². The molecule has 0 aromatic carbocycles. The zero-order valence-electron chi connectivity index (χ0n) is 14.8. The SMILES string of the molecule is CCSc1nnc(C2CC[NH+](CC(=O)NCc3cccs3)CC2)n1C. The van der Waals surface area contributed by atoms with Gasteiger partial charge in [0.25, 0.3) is 5.91 Å². The first-order valence-electron chi connectivity index (χ1n) is 8.82. The summed E-state index contributed by atoms with van der Waals surface area (Å²) in [6, 6.07) is 4.06. The van der Waals surface area contributed by atoms with Crippen molar-refractivity contribution in [1.82, 2.24) is 20.1 Å². The number of carbonyl (C=O) groups excluding carboxylic acids is 1. The highest BCUT2D eigenvalue weighted by Crippen LogP contribution is 2.25. The summed E-state index contributed by atoms with van der Waals surface area (Å²) in [5.74, 6) is 2.70. The lowest BCUT2D eigenvalue weighted by Gasteiger charge is -2.28. The molecule has 1 saturated heterocycles. The third kappa shape index (κ3) is 4.83. The third-order valence-corrected chi connectivity index (χ3v) is 6.43. The van der Waals surface area contributed by atoms with Gasteiger partial charge in [-0.1, -0.05) is 24.8 Å². The average molecular weight is 381 g/mol. The van der Waals surface area contributed by atoms with Crippen LogP contribution in [-0.4, -0.2) is 46.1 Å². The number of amides is 1. The first kappa shape index (κ1) is 18.4. The molecule has 0 saturated carbocycles. The molecule has 0 bridgehead atoms. The standard InChI is InChI=1S/C17H25N5OS2/c1-3-24-17-20-19-16(21(17)2)13-6-8-22(9-7-13)12-15(23)18-11-14-5-4-10-25-14/h4-5,10,13H,3,6-9,11-12H2,1-2H3,(H,18,23)/p+1. The predicted octanol–water partition coefficient (Wildman–Crippen LogP) is 1.07. The van der Waals surface area contributed by atoms with Crippen LogP contribution in [0.15, 0.2) is 22.7 Å². The van der Waals surface area contributed by atoms with E-state index >= 15 is 0 Å². The van der Waals surface area contributed by atoms with Crippen molar-refractivity contribution in [2.75, 3.05) is 25.4 Å². The van der Waals surface area contributed by atoms with E-state index in [1.165, 1.54) is 9.78 Å². The zero-order chi connectivity index (χ0) is 17.6. The zero-order valence-corrected chi connectivity index (χ0v) is 16.5. The molecule has 1 fully saturated rings. The number of piperidine rings is 1. The van der Waals surface area contributed by atoms with Gasteiger partial charge in [0.1, 0.15) is 5.82 Å². The van der Waals surface area contributed by atoms with Crippen LogP contribution in [0.3, 0.4) is 0 Å². The Kier molecular flexibility index (Phi) is 6.50. The van der Waals surface area contributed by atoms with Crippen molar-refractivity contribution in [2.45, 2.75) is 37.4 Å². The van der Waals surface area contributed by atoms with Crippen LogP contribution in [-0.2, 0) is 18.4 Å². The Morgan fingerprint density at radius 2 is 2.24 bits per heavy atom. The summed E-state index contributed by atoms with van der Waals surface area (Å²) in [7, 11) is 2.06. The quantitative estimate of drug-likeness (QED) is 0.705. The molecule has 1 aliphatic rings. The first-order chi connectivity index (χ1) is 12.2. The number of thioether (sulfide) groups is 1. The van der Waals surface area contributed by atoms with E-state index in [1.807, 2.05) is 11.4 Å². The van der Waals surface area contributed by atoms with Crippen LogP contribution in [0.1, 0.15) is 36.4 Å². The Labute approximate surface area is 157 Å². The maximum atomic E-state index is 12.1. The fourth-order valence-corrected chi connectivity index (χ4v) is 4.57. The number of thiophene rings is 1. The third-order valence-electron chi connectivity index (χ3n) is 4.65. The molecule has 2 aromatic rings. The van der Waals surface area contributed by atoms with Gasteiger partial charge in [-0.05, 0) is 17.2 Å². The minimum Gasteiger partial charge on any atom is -0.346 e. The van der Waals surface area contributed by atoms with Crippen molar-refractivity contribution in [1.29, 1.82) is 0 Å². The lowest BCUT2D eigenvalue weighted by atomic mass is 9.96. The summed E-state index contributed by atoms with van der Waals surface area (Å²) >= 11 is 3.41. The molecule has 0 atom stereocenters. The maximum absolute atomic E-state index is 12.1. The number of quaternary nitrogens is 1. The van der Waals surface area contributed by atoms with Crippen molar-refractivity contribution >= 4 is 29.0 Å². The van der Waals surface area contributed by atoms with Gasteiger partial charge < -0.3 is 14.8 Å². The topological polar surface area (TPSA) is 64.2 Å². The molecule has 0 spiro atoms. The largest absolute Gasteiger partial charge is 0.346 e. The number of rotatable bonds is 7. The van der Waals surface area contributed by atoms with Crippen LogP contribution in [0.5, 0.6) is 0 Å². The molecule has 6 nitrogen and oxygen atoms in total. The summed E-state index contributed by atoms with van der Waals surface area (Å²) in [4.78, 5) is 14.7. The molecular formula is C17H26N5OS2+. The molecule has 25 heavy (non-hydrogen) atoms. The van der Waals surface area contributed by atoms with E-state index in [0.717, 1.165) is 42.7 Å². The summed E-state index contributed by atoms with van der Waals surface area (Å²) in [5, 5.41) is 14.8. The minimum absolute atomic E-state index is 0.141. The van der Waals surface area contributed by atoms with Crippen molar-refractivity contribution in [2.24, 2.45) is 7.05 Å². The fourth-order valence-electron chi connectivity index (χ4n) is 3.29. The number of aromatic nitrogens is 3. The lowest BCUT2D eigenvalue weighted by molar-refractivity contribution is -0.897. The number of nitrogens with one attached hydrogen (secondary N) is 2. The Bertz CT molecular complexity index is 677. The molecule has 0 radical (unpaired) electrons. The molecule has 1 aliphatic heterocycles. The normalized spacial score (nSPS) is 20.6. The number of hydrogen-bond acceptors (Lipinski definition) is 5. The second-order valence-electron chi connectivity index (χ2n) is 6.39. The summed E-state index contributed by atoms with van der Waals surface area (Å²) in [6.45, 7) is 5.36. The maximum Gasteiger partial charge on any atom is 0.275 e. The Balaban J connectivity index is 1.44. The summed E-state index contributed by atoms with van der Waals surface area (Å²) < 4.78 is 2.14. The minimum atomic E-state index is 0.141. The van der Waals surface area contributed by atoms with E-state index in [0.29, 0.717) is 19.0 Å². The van der Waals surface area contributed by atoms with Gasteiger partial charge in [-0.3, -0.25) is 4.79 Å². The van der Waals surface area contributed by atoms with Gasteiger partial charge in [0.2, 0.25) is 0 Å². The molecule has 3 heterocycles. The van der Waals surface area contributed by atoms with Crippen LogP contribution in [0.2, 0.25) is 0 Å². The Morgan fingerprint density at radius 3 is 2.92 bits per heavy atom. The van der Waals surface area contributed by atoms with Crippen molar-refractivity contribution in [3.05, 3.63) is 28.2 Å². The molecule has 2 aromatic heterocycles. The smallest absolute Gasteiger partial charge is 0.275 e. The second-order valence-corrected chi connectivity index (χ2v) is 8.65. The van der Waals surface area contributed by atoms with Gasteiger partial charge in [-0.15, -0.1) is 21.5 Å². The highest BCUT2D eigenvalue weighted by molar-refractivity contribution is 7.99. The molecule has 3 rings (SSSR count). The number of carbonyl (C=O) groups is 1. The second kappa shape index (κ2) is 8.82. The molecule has 0 aliphatic carbocycles. The van der Waals surface area contributed by atoms with Gasteiger partial charge in [0.15, 0.2) is 11.7 Å². The lowest BCUT2D eigenvalue weighted by Crippen LogP contribution is -3.14. The molecule has 2 N–H and O–H groups in total. The van der Waals surface area contributed by atoms with E-state index < -0.39 is 0 Å². The van der Waals surface area contributed by atoms with Crippen LogP contribution in [0.4, 0.5) is 0 Å². The van der Waals surface area contributed by atoms with Crippen molar-refractivity contribution < 1.29 is 9.69 Å². The molecule has 136 valence electrons. The first-order valence-corrected chi connectivity index (χ1v) is 10.7. The molecule has 0 unspecified atom stereocenters. The van der Waals surface area contributed by atoms with E-state index in [1.54, 1.807) is 23.1 Å². The van der Waals surface area contributed by atoms with Gasteiger partial charge >= 0.3 is 0 Å². The van der Waals surface area contributed by atoms with E-state index in [9.17, 15) is 4.79 Å². The van der Waals surface area contributed by atoms with E-state index in [2.05, 4.69) is 40.1 Å². The Hall–Kier alpha value is -1.38. The Morgan fingerprint density at radius 1 is 1.44 bits per heavy atom. The van der Waals surface area contributed by atoms with Gasteiger partial charge in [-0.2, -0.15) is 0 Å². The van der Waals surface area contributed by atoms with Gasteiger partial charge in [-0.25, -0.2) is 0 Å².